The fraction of sp³-hybridized carbons (Fsp3) is 0.250. The van der Waals surface area contributed by atoms with Gasteiger partial charge in [0.2, 0.25) is 16.3 Å². The van der Waals surface area contributed by atoms with Crippen LogP contribution in [0.4, 0.5) is 5.69 Å². The molecule has 0 atom stereocenters. The molecular formula is C16H19N3O4S. The van der Waals surface area contributed by atoms with Crippen LogP contribution in [0.2, 0.25) is 0 Å². The highest BCUT2D eigenvalue weighted by molar-refractivity contribution is 7.89. The summed E-state index contributed by atoms with van der Waals surface area (Å²) in [6, 6.07) is 10.6. The number of hydrogen-bond donors (Lipinski definition) is 2. The molecule has 0 aromatic heterocycles. The van der Waals surface area contributed by atoms with Gasteiger partial charge in [-0.15, -0.1) is 0 Å². The second kappa shape index (κ2) is 7.41. The van der Waals surface area contributed by atoms with E-state index in [0.29, 0.717) is 5.39 Å². The molecule has 8 heteroatoms. The maximum atomic E-state index is 12.5. The van der Waals surface area contributed by atoms with Crippen LogP contribution in [0.5, 0.6) is 0 Å². The first-order chi connectivity index (χ1) is 11.4. The Morgan fingerprint density at radius 1 is 1.08 bits per heavy atom. The Kier molecular flexibility index (Phi) is 5.53. The van der Waals surface area contributed by atoms with E-state index in [-0.39, 0.29) is 24.3 Å². The lowest BCUT2D eigenvalue weighted by Gasteiger charge is -2.17. The van der Waals surface area contributed by atoms with Crippen LogP contribution in [0.25, 0.3) is 10.8 Å². The quantitative estimate of drug-likeness (QED) is 0.431. The number of amides is 1. The van der Waals surface area contributed by atoms with Crippen molar-refractivity contribution in [1.29, 1.82) is 0 Å². The van der Waals surface area contributed by atoms with Crippen molar-refractivity contribution < 1.29 is 18.0 Å². The summed E-state index contributed by atoms with van der Waals surface area (Å²) in [6.45, 7) is 0.0240. The normalized spacial score (nSPS) is 11.2. The van der Waals surface area contributed by atoms with Gasteiger partial charge in [0.25, 0.3) is 5.91 Å². The summed E-state index contributed by atoms with van der Waals surface area (Å²) in [5, 5.41) is 3.73. The van der Waals surface area contributed by atoms with E-state index in [9.17, 15) is 18.0 Å². The third kappa shape index (κ3) is 3.90. The topological polar surface area (TPSA) is 95.6 Å². The maximum Gasteiger partial charge on any atom is 0.284 e. The highest BCUT2D eigenvalue weighted by atomic mass is 32.2. The molecule has 0 radical (unpaired) electrons. The van der Waals surface area contributed by atoms with Crippen molar-refractivity contribution in [2.45, 2.75) is 4.90 Å². The molecular weight excluding hydrogens is 330 g/mol. The molecule has 2 rings (SSSR count). The van der Waals surface area contributed by atoms with E-state index in [2.05, 4.69) is 10.0 Å². The van der Waals surface area contributed by atoms with Crippen LogP contribution in [-0.2, 0) is 19.6 Å². The van der Waals surface area contributed by atoms with Crippen LogP contribution in [-0.4, -0.2) is 47.8 Å². The lowest BCUT2D eigenvalue weighted by atomic mass is 10.1. The molecule has 0 bridgehead atoms. The standard InChI is InChI=1S/C16H19N3O4S/c1-19(2)14-7-3-6-13-12(14)5-4-8-15(13)24(22,23)18-10-9-17-16(21)11-20/h3-8,11,18H,9-10H2,1-2H3,(H,17,21). The fourth-order valence-electron chi connectivity index (χ4n) is 2.38. The van der Waals surface area contributed by atoms with E-state index in [1.54, 1.807) is 18.2 Å². The number of nitrogens with zero attached hydrogens (tertiary/aromatic N) is 1. The van der Waals surface area contributed by atoms with Gasteiger partial charge in [-0.25, -0.2) is 13.1 Å². The molecule has 2 aromatic rings. The van der Waals surface area contributed by atoms with E-state index >= 15 is 0 Å². The average Bonchev–Trinajstić information content (AvgIpc) is 2.57. The van der Waals surface area contributed by atoms with Gasteiger partial charge in [-0.2, -0.15) is 0 Å². The van der Waals surface area contributed by atoms with Gasteiger partial charge in [-0.05, 0) is 12.1 Å². The van der Waals surface area contributed by atoms with Crippen molar-refractivity contribution in [2.75, 3.05) is 32.1 Å². The molecule has 24 heavy (non-hydrogen) atoms. The Bertz CT molecular complexity index is 863. The minimum Gasteiger partial charge on any atom is -0.377 e. The summed E-state index contributed by atoms with van der Waals surface area (Å²) in [5.41, 5.74) is 0.919. The molecule has 0 spiro atoms. The van der Waals surface area contributed by atoms with E-state index in [4.69, 9.17) is 0 Å². The molecule has 0 saturated carbocycles. The Balaban J connectivity index is 2.29. The Labute approximate surface area is 140 Å². The predicted octanol–water partition coefficient (Wildman–Crippen LogP) is 0.499. The second-order valence-corrected chi connectivity index (χ2v) is 7.06. The molecule has 0 saturated heterocycles. The number of rotatable bonds is 7. The number of carbonyl (C=O) groups excluding carboxylic acids is 2. The summed E-state index contributed by atoms with van der Waals surface area (Å²) < 4.78 is 27.5. The monoisotopic (exact) mass is 349 g/mol. The molecule has 1 amide bonds. The molecule has 0 aliphatic carbocycles. The van der Waals surface area contributed by atoms with Crippen LogP contribution in [0.15, 0.2) is 41.3 Å². The summed E-state index contributed by atoms with van der Waals surface area (Å²) >= 11 is 0. The first-order valence-corrected chi connectivity index (χ1v) is 8.77. The van der Waals surface area contributed by atoms with Crippen molar-refractivity contribution in [3.8, 4) is 0 Å². The third-order valence-electron chi connectivity index (χ3n) is 3.45. The van der Waals surface area contributed by atoms with Gasteiger partial charge >= 0.3 is 0 Å². The minimum atomic E-state index is -3.74. The van der Waals surface area contributed by atoms with Crippen molar-refractivity contribution in [2.24, 2.45) is 0 Å². The van der Waals surface area contributed by atoms with Crippen LogP contribution in [0.1, 0.15) is 0 Å². The molecule has 0 fully saturated rings. The van der Waals surface area contributed by atoms with Gasteiger partial charge in [0.1, 0.15) is 0 Å². The van der Waals surface area contributed by atoms with Crippen LogP contribution in [0, 0.1) is 0 Å². The predicted molar refractivity (Wildman–Crippen MR) is 92.5 cm³/mol. The average molecular weight is 349 g/mol. The number of carbonyl (C=O) groups is 2. The Morgan fingerprint density at radius 3 is 2.42 bits per heavy atom. The van der Waals surface area contributed by atoms with Crippen LogP contribution < -0.4 is 14.9 Å². The van der Waals surface area contributed by atoms with E-state index in [1.807, 2.05) is 31.1 Å². The van der Waals surface area contributed by atoms with Crippen LogP contribution >= 0.6 is 0 Å². The van der Waals surface area contributed by atoms with Crippen molar-refractivity contribution in [3.05, 3.63) is 36.4 Å². The van der Waals surface area contributed by atoms with E-state index in [1.165, 1.54) is 6.07 Å². The number of nitrogens with one attached hydrogen (secondary N) is 2. The fourth-order valence-corrected chi connectivity index (χ4v) is 3.63. The molecule has 0 aliphatic rings. The number of benzene rings is 2. The van der Waals surface area contributed by atoms with Gasteiger partial charge < -0.3 is 10.2 Å². The number of aldehydes is 1. The van der Waals surface area contributed by atoms with E-state index in [0.717, 1.165) is 11.1 Å². The van der Waals surface area contributed by atoms with E-state index < -0.39 is 15.9 Å². The SMILES string of the molecule is CN(C)c1cccc2c(S(=O)(=O)NCCNC(=O)C=O)cccc12. The largest absolute Gasteiger partial charge is 0.377 e. The molecule has 2 N–H and O–H groups in total. The van der Waals surface area contributed by atoms with Crippen molar-refractivity contribution in [1.82, 2.24) is 10.0 Å². The number of hydrogen-bond acceptors (Lipinski definition) is 5. The molecule has 128 valence electrons. The van der Waals surface area contributed by atoms with Gasteiger partial charge in [-0.1, -0.05) is 24.3 Å². The molecule has 0 heterocycles. The maximum absolute atomic E-state index is 12.5. The first kappa shape index (κ1) is 17.9. The smallest absolute Gasteiger partial charge is 0.284 e. The summed E-state index contributed by atoms with van der Waals surface area (Å²) in [4.78, 5) is 23.1. The van der Waals surface area contributed by atoms with Gasteiger partial charge in [-0.3, -0.25) is 9.59 Å². The summed E-state index contributed by atoms with van der Waals surface area (Å²) in [5.74, 6) is -0.782. The molecule has 7 nitrogen and oxygen atoms in total. The highest BCUT2D eigenvalue weighted by Gasteiger charge is 2.18. The third-order valence-corrected chi connectivity index (χ3v) is 4.97. The number of sulfonamides is 1. The lowest BCUT2D eigenvalue weighted by molar-refractivity contribution is -0.131. The second-order valence-electron chi connectivity index (χ2n) is 5.33. The zero-order valence-electron chi connectivity index (χ0n) is 13.4. The molecule has 2 aromatic carbocycles. The first-order valence-electron chi connectivity index (χ1n) is 7.28. The lowest BCUT2D eigenvalue weighted by Crippen LogP contribution is -2.35. The highest BCUT2D eigenvalue weighted by Crippen LogP contribution is 2.29. The Morgan fingerprint density at radius 2 is 1.75 bits per heavy atom. The van der Waals surface area contributed by atoms with Gasteiger partial charge in [0, 0.05) is 43.6 Å². The zero-order valence-corrected chi connectivity index (χ0v) is 14.3. The van der Waals surface area contributed by atoms with Crippen LogP contribution in [0.3, 0.4) is 0 Å². The zero-order chi connectivity index (χ0) is 17.7. The summed E-state index contributed by atoms with van der Waals surface area (Å²) in [7, 11) is 0.0434. The minimum absolute atomic E-state index is 0.00826. The van der Waals surface area contributed by atoms with Crippen molar-refractivity contribution in [3.63, 3.8) is 0 Å². The Hall–Kier alpha value is -2.45. The van der Waals surface area contributed by atoms with Crippen molar-refractivity contribution >= 4 is 38.7 Å². The van der Waals surface area contributed by atoms with Gasteiger partial charge in [0.05, 0.1) is 4.90 Å². The number of fused-ring (bicyclic) bond motifs is 1. The number of anilines is 1. The molecule has 0 aliphatic heterocycles. The van der Waals surface area contributed by atoms with Gasteiger partial charge in [0.15, 0.2) is 0 Å². The molecule has 0 unspecified atom stereocenters. The summed E-state index contributed by atoms with van der Waals surface area (Å²) in [6.07, 6.45) is 0.141.